The monoisotopic (exact) mass is 406 g/mol. The zero-order chi connectivity index (χ0) is 20.2. The van der Waals surface area contributed by atoms with Gasteiger partial charge in [0.2, 0.25) is 0 Å². The number of hydrogen-bond acceptors (Lipinski definition) is 4. The molecule has 1 fully saturated rings. The normalized spacial score (nSPS) is 20.6. The average molecular weight is 406 g/mol. The van der Waals surface area contributed by atoms with Gasteiger partial charge in [-0.25, -0.2) is 14.4 Å². The molecule has 1 aliphatic carbocycles. The Morgan fingerprint density at radius 3 is 2.69 bits per heavy atom. The Morgan fingerprint density at radius 1 is 1.14 bits per heavy atom. The number of hydrogen-bond donors (Lipinski definition) is 2. The number of H-pyrrole nitrogens is 1. The molecule has 2 aromatic heterocycles. The molecule has 29 heavy (non-hydrogen) atoms. The van der Waals surface area contributed by atoms with E-state index in [1.165, 1.54) is 18.5 Å². The minimum absolute atomic E-state index is 0.108. The SMILES string of the molecule is Fc1ccc2c(c1)OC1(CCCC1)C[C@@H]2Nc1ncnc2[nH]c(C(F)(F)F)cc12. The summed E-state index contributed by atoms with van der Waals surface area (Å²) in [6.07, 6.45) is 1.13. The second kappa shape index (κ2) is 6.33. The molecule has 3 heterocycles. The highest BCUT2D eigenvalue weighted by Gasteiger charge is 2.43. The van der Waals surface area contributed by atoms with Crippen molar-refractivity contribution < 1.29 is 22.3 Å². The van der Waals surface area contributed by atoms with Gasteiger partial charge < -0.3 is 15.0 Å². The summed E-state index contributed by atoms with van der Waals surface area (Å²) in [4.78, 5) is 10.4. The molecule has 2 N–H and O–H groups in total. The topological polar surface area (TPSA) is 62.8 Å². The molecule has 5 nitrogen and oxygen atoms in total. The van der Waals surface area contributed by atoms with E-state index in [0.717, 1.165) is 37.3 Å². The third-order valence-electron chi connectivity index (χ3n) is 5.81. The van der Waals surface area contributed by atoms with Crippen LogP contribution in [0.15, 0.2) is 30.6 Å². The fourth-order valence-electron chi connectivity index (χ4n) is 4.47. The van der Waals surface area contributed by atoms with Crippen LogP contribution in [-0.2, 0) is 6.18 Å². The van der Waals surface area contributed by atoms with Crippen molar-refractivity contribution >= 4 is 16.9 Å². The van der Waals surface area contributed by atoms with E-state index in [2.05, 4.69) is 20.3 Å². The predicted octanol–water partition coefficient (Wildman–Crippen LogP) is 5.36. The number of ether oxygens (including phenoxy) is 1. The largest absolute Gasteiger partial charge is 0.487 e. The summed E-state index contributed by atoms with van der Waals surface area (Å²) in [5.74, 6) is 0.394. The van der Waals surface area contributed by atoms with Gasteiger partial charge in [0.15, 0.2) is 0 Å². The van der Waals surface area contributed by atoms with Gasteiger partial charge in [-0.15, -0.1) is 0 Å². The second-order valence-corrected chi connectivity index (χ2v) is 7.74. The van der Waals surface area contributed by atoms with Crippen LogP contribution in [0.2, 0.25) is 0 Å². The van der Waals surface area contributed by atoms with Crippen molar-refractivity contribution in [2.75, 3.05) is 5.32 Å². The first-order valence-corrected chi connectivity index (χ1v) is 9.49. The van der Waals surface area contributed by atoms with Crippen LogP contribution in [0.25, 0.3) is 11.0 Å². The van der Waals surface area contributed by atoms with E-state index in [1.54, 1.807) is 6.07 Å². The van der Waals surface area contributed by atoms with Crippen molar-refractivity contribution in [3.8, 4) is 5.75 Å². The molecule has 3 aromatic rings. The van der Waals surface area contributed by atoms with Crippen molar-refractivity contribution in [2.24, 2.45) is 0 Å². The van der Waals surface area contributed by atoms with E-state index >= 15 is 0 Å². The summed E-state index contributed by atoms with van der Waals surface area (Å²) in [7, 11) is 0. The molecule has 5 rings (SSSR count). The Morgan fingerprint density at radius 2 is 1.93 bits per heavy atom. The van der Waals surface area contributed by atoms with Gasteiger partial charge in [0.05, 0.1) is 11.4 Å². The minimum Gasteiger partial charge on any atom is -0.487 e. The molecule has 1 spiro atoms. The standard InChI is InChI=1S/C20H18F4N4O/c21-11-3-4-12-14(9-19(5-1-2-6-19)29-15(12)7-11)27-17-13-8-16(20(22,23)24)28-18(13)26-10-25-17/h3-4,7-8,10,14H,1-2,5-6,9H2,(H2,25,26,27,28)/t14-/m0/s1. The van der Waals surface area contributed by atoms with Gasteiger partial charge in [0, 0.05) is 18.1 Å². The predicted molar refractivity (Wildman–Crippen MR) is 98.1 cm³/mol. The van der Waals surface area contributed by atoms with Crippen molar-refractivity contribution in [3.63, 3.8) is 0 Å². The van der Waals surface area contributed by atoms with E-state index in [4.69, 9.17) is 4.74 Å². The molecule has 0 radical (unpaired) electrons. The summed E-state index contributed by atoms with van der Waals surface area (Å²) < 4.78 is 59.3. The molecule has 1 atom stereocenters. The molecule has 9 heteroatoms. The summed E-state index contributed by atoms with van der Waals surface area (Å²) in [5, 5.41) is 3.53. The van der Waals surface area contributed by atoms with Crippen molar-refractivity contribution in [1.29, 1.82) is 0 Å². The summed E-state index contributed by atoms with van der Waals surface area (Å²) >= 11 is 0. The fraction of sp³-hybridized carbons (Fsp3) is 0.400. The van der Waals surface area contributed by atoms with Gasteiger partial charge in [-0.3, -0.25) is 0 Å². The Bertz CT molecular complexity index is 1070. The molecule has 0 unspecified atom stereocenters. The van der Waals surface area contributed by atoms with Crippen molar-refractivity contribution in [3.05, 3.63) is 47.7 Å². The van der Waals surface area contributed by atoms with E-state index in [-0.39, 0.29) is 28.5 Å². The van der Waals surface area contributed by atoms with Crippen LogP contribution in [0.1, 0.15) is 49.4 Å². The number of benzene rings is 1. The Kier molecular flexibility index (Phi) is 3.97. The lowest BCUT2D eigenvalue weighted by atomic mass is 9.86. The van der Waals surface area contributed by atoms with Crippen molar-refractivity contribution in [2.45, 2.75) is 49.9 Å². The zero-order valence-electron chi connectivity index (χ0n) is 15.3. The first kappa shape index (κ1) is 18.2. The maximum Gasteiger partial charge on any atom is 0.431 e. The molecule has 1 saturated carbocycles. The number of nitrogens with one attached hydrogen (secondary N) is 2. The molecule has 0 bridgehead atoms. The number of anilines is 1. The van der Waals surface area contributed by atoms with Crippen LogP contribution < -0.4 is 10.1 Å². The van der Waals surface area contributed by atoms with E-state index in [0.29, 0.717) is 18.0 Å². The maximum absolute atomic E-state index is 13.8. The lowest BCUT2D eigenvalue weighted by Crippen LogP contribution is -2.40. The van der Waals surface area contributed by atoms with Crippen LogP contribution in [0, 0.1) is 5.82 Å². The van der Waals surface area contributed by atoms with Gasteiger partial charge in [-0.2, -0.15) is 13.2 Å². The number of alkyl halides is 3. The molecule has 1 aliphatic heterocycles. The number of fused-ring (bicyclic) bond motifs is 2. The molecule has 0 saturated heterocycles. The third kappa shape index (κ3) is 3.18. The van der Waals surface area contributed by atoms with Gasteiger partial charge in [0.25, 0.3) is 0 Å². The van der Waals surface area contributed by atoms with Crippen molar-refractivity contribution in [1.82, 2.24) is 15.0 Å². The zero-order valence-corrected chi connectivity index (χ0v) is 15.3. The number of halogens is 4. The number of aromatic nitrogens is 3. The van der Waals surface area contributed by atoms with E-state index < -0.39 is 11.9 Å². The molecular weight excluding hydrogens is 388 g/mol. The molecule has 0 amide bonds. The molecule has 152 valence electrons. The summed E-state index contributed by atoms with van der Waals surface area (Å²) in [6.45, 7) is 0. The first-order chi connectivity index (χ1) is 13.8. The van der Waals surface area contributed by atoms with Gasteiger partial charge in [0.1, 0.15) is 40.7 Å². The van der Waals surface area contributed by atoms with Gasteiger partial charge >= 0.3 is 6.18 Å². The highest BCUT2D eigenvalue weighted by atomic mass is 19.4. The first-order valence-electron chi connectivity index (χ1n) is 9.49. The van der Waals surface area contributed by atoms with Crippen LogP contribution in [0.4, 0.5) is 23.4 Å². The minimum atomic E-state index is -4.51. The van der Waals surface area contributed by atoms with E-state index in [1.807, 2.05) is 0 Å². The van der Waals surface area contributed by atoms with Crippen LogP contribution in [0.3, 0.4) is 0 Å². The van der Waals surface area contributed by atoms with Crippen LogP contribution >= 0.6 is 0 Å². The van der Waals surface area contributed by atoms with Gasteiger partial charge in [-0.1, -0.05) is 6.07 Å². The van der Waals surface area contributed by atoms with E-state index in [9.17, 15) is 17.6 Å². The summed E-state index contributed by atoms with van der Waals surface area (Å²) in [6, 6.07) is 5.13. The highest BCUT2D eigenvalue weighted by Crippen LogP contribution is 2.48. The molecule has 2 aliphatic rings. The van der Waals surface area contributed by atoms with Crippen LogP contribution in [0.5, 0.6) is 5.75 Å². The Balaban J connectivity index is 1.55. The third-order valence-corrected chi connectivity index (χ3v) is 5.81. The number of rotatable bonds is 2. The molecule has 1 aromatic carbocycles. The second-order valence-electron chi connectivity index (χ2n) is 7.74. The number of aromatic amines is 1. The quantitative estimate of drug-likeness (QED) is 0.562. The van der Waals surface area contributed by atoms with Gasteiger partial charge in [-0.05, 0) is 37.8 Å². The Labute approximate surface area is 163 Å². The highest BCUT2D eigenvalue weighted by molar-refractivity contribution is 5.88. The Hall–Kier alpha value is -2.84. The van der Waals surface area contributed by atoms with Crippen LogP contribution in [-0.4, -0.2) is 20.6 Å². The summed E-state index contributed by atoms with van der Waals surface area (Å²) in [5.41, 5.74) is -0.392. The lowest BCUT2D eigenvalue weighted by Gasteiger charge is -2.40. The number of nitrogens with zero attached hydrogens (tertiary/aromatic N) is 2. The fourth-order valence-corrected chi connectivity index (χ4v) is 4.47. The maximum atomic E-state index is 13.8. The lowest BCUT2D eigenvalue weighted by molar-refractivity contribution is -0.140. The average Bonchev–Trinajstić information content (AvgIpc) is 3.29. The smallest absolute Gasteiger partial charge is 0.431 e. The molecular formula is C20H18F4N4O.